The second kappa shape index (κ2) is 10.9. The number of carboxylic acid groups (broad SMARTS) is 1. The van der Waals surface area contributed by atoms with Crippen molar-refractivity contribution in [1.82, 2.24) is 4.90 Å². The minimum atomic E-state index is -0.925. The molecule has 6 heteroatoms. The third-order valence-electron chi connectivity index (χ3n) is 6.39. The highest BCUT2D eigenvalue weighted by atomic mass is 16.4. The first-order valence-electron chi connectivity index (χ1n) is 11.8. The Labute approximate surface area is 201 Å². The minimum Gasteiger partial charge on any atom is -0.478 e. The second-order valence-electron chi connectivity index (χ2n) is 8.64. The van der Waals surface area contributed by atoms with Gasteiger partial charge in [0.25, 0.3) is 0 Å². The maximum atomic E-state index is 11.2. The minimum absolute atomic E-state index is 0.273. The fraction of sp³-hybridized carbons (Fsp3) is 0.286. The summed E-state index contributed by atoms with van der Waals surface area (Å²) in [6, 6.07) is 23.7. The summed E-state index contributed by atoms with van der Waals surface area (Å²) in [5, 5.41) is 12.6. The lowest BCUT2D eigenvalue weighted by molar-refractivity contribution is 0.0697. The topological polar surface area (TPSA) is 68.2 Å². The van der Waals surface area contributed by atoms with Crippen LogP contribution in [0.3, 0.4) is 0 Å². The smallest absolute Gasteiger partial charge is 0.335 e. The van der Waals surface area contributed by atoms with E-state index in [9.17, 15) is 9.90 Å². The molecule has 1 saturated heterocycles. The Morgan fingerprint density at radius 2 is 1.62 bits per heavy atom. The van der Waals surface area contributed by atoms with E-state index in [1.807, 2.05) is 6.07 Å². The summed E-state index contributed by atoms with van der Waals surface area (Å²) >= 11 is 0. The van der Waals surface area contributed by atoms with Crippen LogP contribution in [0.2, 0.25) is 0 Å². The van der Waals surface area contributed by atoms with Crippen LogP contribution in [-0.4, -0.2) is 54.7 Å². The normalized spacial score (nSPS) is 14.2. The number of benzene rings is 3. The average molecular weight is 457 g/mol. The summed E-state index contributed by atoms with van der Waals surface area (Å²) in [7, 11) is 0. The monoisotopic (exact) mass is 456 g/mol. The largest absolute Gasteiger partial charge is 0.478 e. The van der Waals surface area contributed by atoms with E-state index in [-0.39, 0.29) is 5.56 Å². The predicted octanol–water partition coefficient (Wildman–Crippen LogP) is 4.83. The van der Waals surface area contributed by atoms with Gasteiger partial charge in [-0.1, -0.05) is 42.5 Å². The Kier molecular flexibility index (Phi) is 7.48. The zero-order valence-corrected chi connectivity index (χ0v) is 19.9. The first-order valence-corrected chi connectivity index (χ1v) is 11.8. The summed E-state index contributed by atoms with van der Waals surface area (Å²) in [5.41, 5.74) is 6.32. The molecule has 0 atom stereocenters. The summed E-state index contributed by atoms with van der Waals surface area (Å²) in [4.78, 5) is 20.9. The summed E-state index contributed by atoms with van der Waals surface area (Å²) < 4.78 is 0. The summed E-state index contributed by atoms with van der Waals surface area (Å²) in [6.45, 7) is 8.58. The van der Waals surface area contributed by atoms with Crippen LogP contribution < -0.4 is 10.2 Å². The highest BCUT2D eigenvalue weighted by Crippen LogP contribution is 2.24. The average Bonchev–Trinajstić information content (AvgIpc) is 2.86. The Hall–Kier alpha value is -3.80. The van der Waals surface area contributed by atoms with E-state index >= 15 is 0 Å². The standard InChI is InChI=1S/C28H32N4O2/c1-21-7-6-10-26(22(21)2)31-17-19-32(20-18-31)28(29-16-15-23-8-4-3-5-9-23)30-25-13-11-24(12-14-25)27(33)34/h3-14H,15-20H2,1-2H3,(H,29,30)(H,33,34). The molecule has 176 valence electrons. The number of nitrogens with one attached hydrogen (secondary N) is 1. The van der Waals surface area contributed by atoms with Gasteiger partial charge in [-0.3, -0.25) is 4.99 Å². The number of aliphatic imine (C=N–C) groups is 1. The van der Waals surface area contributed by atoms with Gasteiger partial charge in [0.15, 0.2) is 5.96 Å². The molecule has 6 nitrogen and oxygen atoms in total. The molecule has 34 heavy (non-hydrogen) atoms. The maximum absolute atomic E-state index is 11.2. The molecule has 0 amide bonds. The van der Waals surface area contributed by atoms with Gasteiger partial charge in [0, 0.05) is 44.1 Å². The lowest BCUT2D eigenvalue weighted by Crippen LogP contribution is -2.51. The lowest BCUT2D eigenvalue weighted by atomic mass is 10.1. The number of anilines is 2. The number of piperazine rings is 1. The van der Waals surface area contributed by atoms with E-state index in [0.717, 1.165) is 44.2 Å². The molecule has 1 aliphatic heterocycles. The van der Waals surface area contributed by atoms with Crippen LogP contribution in [0, 0.1) is 13.8 Å². The van der Waals surface area contributed by atoms with Crippen molar-refractivity contribution in [1.29, 1.82) is 0 Å². The predicted molar refractivity (Wildman–Crippen MR) is 139 cm³/mol. The van der Waals surface area contributed by atoms with Gasteiger partial charge in [0.1, 0.15) is 0 Å². The van der Waals surface area contributed by atoms with Crippen molar-refractivity contribution >= 4 is 23.3 Å². The summed E-state index contributed by atoms with van der Waals surface area (Å²) in [6.07, 6.45) is 0.867. The molecule has 0 saturated carbocycles. The highest BCUT2D eigenvalue weighted by molar-refractivity contribution is 5.95. The van der Waals surface area contributed by atoms with E-state index < -0.39 is 5.97 Å². The van der Waals surface area contributed by atoms with E-state index in [1.54, 1.807) is 24.3 Å². The summed E-state index contributed by atoms with van der Waals surface area (Å²) in [5.74, 6) is -0.0921. The van der Waals surface area contributed by atoms with Gasteiger partial charge in [0.05, 0.1) is 5.56 Å². The third kappa shape index (κ3) is 5.76. The molecule has 1 aliphatic rings. The number of hydrogen-bond donors (Lipinski definition) is 2. The Morgan fingerprint density at radius 3 is 2.29 bits per heavy atom. The van der Waals surface area contributed by atoms with Crippen LogP contribution in [0.15, 0.2) is 77.8 Å². The fourth-order valence-corrected chi connectivity index (χ4v) is 4.22. The zero-order valence-electron chi connectivity index (χ0n) is 19.9. The number of nitrogens with zero attached hydrogens (tertiary/aromatic N) is 3. The van der Waals surface area contributed by atoms with E-state index in [4.69, 9.17) is 4.99 Å². The highest BCUT2D eigenvalue weighted by Gasteiger charge is 2.21. The molecule has 2 N–H and O–H groups in total. The number of aromatic carboxylic acids is 1. The number of guanidine groups is 1. The van der Waals surface area contributed by atoms with Gasteiger partial charge < -0.3 is 20.2 Å². The molecule has 1 fully saturated rings. The molecule has 0 unspecified atom stereocenters. The molecule has 0 radical (unpaired) electrons. The van der Waals surface area contributed by atoms with Crippen molar-refractivity contribution in [3.8, 4) is 0 Å². The van der Waals surface area contributed by atoms with Crippen LogP contribution in [0.4, 0.5) is 11.4 Å². The molecule has 3 aromatic rings. The van der Waals surface area contributed by atoms with Gasteiger partial charge in [0.2, 0.25) is 0 Å². The molecular weight excluding hydrogens is 424 g/mol. The SMILES string of the molecule is Cc1cccc(N2CCN(C(=NCCc3ccccc3)Nc3ccc(C(=O)O)cc3)CC2)c1C. The van der Waals surface area contributed by atoms with Crippen LogP contribution in [0.5, 0.6) is 0 Å². The molecule has 3 aromatic carbocycles. The van der Waals surface area contributed by atoms with Crippen molar-refractivity contribution in [3.05, 3.63) is 95.1 Å². The number of aryl methyl sites for hydroxylation is 1. The zero-order chi connectivity index (χ0) is 23.9. The number of rotatable bonds is 6. The van der Waals surface area contributed by atoms with Crippen LogP contribution >= 0.6 is 0 Å². The molecule has 0 aliphatic carbocycles. The van der Waals surface area contributed by atoms with Crippen LogP contribution in [0.25, 0.3) is 0 Å². The maximum Gasteiger partial charge on any atom is 0.335 e. The quantitative estimate of drug-likeness (QED) is 0.411. The first kappa shape index (κ1) is 23.4. The van der Waals surface area contributed by atoms with E-state index in [2.05, 4.69) is 71.4 Å². The lowest BCUT2D eigenvalue weighted by Gasteiger charge is -2.38. The van der Waals surface area contributed by atoms with E-state index in [0.29, 0.717) is 6.54 Å². The van der Waals surface area contributed by atoms with Crippen molar-refractivity contribution in [2.24, 2.45) is 4.99 Å². The van der Waals surface area contributed by atoms with Crippen molar-refractivity contribution in [2.45, 2.75) is 20.3 Å². The second-order valence-corrected chi connectivity index (χ2v) is 8.64. The Bertz CT molecular complexity index is 1130. The van der Waals surface area contributed by atoms with Gasteiger partial charge >= 0.3 is 5.97 Å². The van der Waals surface area contributed by atoms with Crippen molar-refractivity contribution in [3.63, 3.8) is 0 Å². The van der Waals surface area contributed by atoms with Gasteiger partial charge in [-0.05, 0) is 67.3 Å². The van der Waals surface area contributed by atoms with Crippen LogP contribution in [-0.2, 0) is 6.42 Å². The fourth-order valence-electron chi connectivity index (χ4n) is 4.22. The third-order valence-corrected chi connectivity index (χ3v) is 6.39. The molecule has 0 spiro atoms. The molecule has 0 bridgehead atoms. The number of carbonyl (C=O) groups is 1. The molecular formula is C28H32N4O2. The van der Waals surface area contributed by atoms with Crippen molar-refractivity contribution in [2.75, 3.05) is 42.9 Å². The van der Waals surface area contributed by atoms with Gasteiger partial charge in [-0.2, -0.15) is 0 Å². The molecule has 4 rings (SSSR count). The Morgan fingerprint density at radius 1 is 0.912 bits per heavy atom. The van der Waals surface area contributed by atoms with E-state index in [1.165, 1.54) is 22.4 Å². The molecule has 0 aromatic heterocycles. The number of hydrogen-bond acceptors (Lipinski definition) is 3. The molecule has 1 heterocycles. The first-order chi connectivity index (χ1) is 16.5. The van der Waals surface area contributed by atoms with Gasteiger partial charge in [-0.15, -0.1) is 0 Å². The van der Waals surface area contributed by atoms with Crippen molar-refractivity contribution < 1.29 is 9.90 Å². The number of carboxylic acids is 1. The van der Waals surface area contributed by atoms with Crippen LogP contribution in [0.1, 0.15) is 27.0 Å². The Balaban J connectivity index is 1.47. The van der Waals surface area contributed by atoms with Gasteiger partial charge in [-0.25, -0.2) is 4.79 Å².